The van der Waals surface area contributed by atoms with Crippen LogP contribution in [0.1, 0.15) is 65.2 Å². The lowest BCUT2D eigenvalue weighted by atomic mass is 9.74. The van der Waals surface area contributed by atoms with Gasteiger partial charge in [0.2, 0.25) is 0 Å². The highest BCUT2D eigenvalue weighted by Gasteiger charge is 2.35. The first-order valence-electron chi connectivity index (χ1n) is 7.63. The van der Waals surface area contributed by atoms with E-state index in [1.54, 1.807) is 0 Å². The summed E-state index contributed by atoms with van der Waals surface area (Å²) in [5.74, 6) is 0. The lowest BCUT2D eigenvalue weighted by Crippen LogP contribution is -2.51. The van der Waals surface area contributed by atoms with Gasteiger partial charge < -0.3 is 10.6 Å². The Morgan fingerprint density at radius 2 is 1.47 bits per heavy atom. The molecule has 0 aromatic rings. The molecule has 2 fully saturated rings. The van der Waals surface area contributed by atoms with Crippen LogP contribution in [0.4, 0.5) is 0 Å². The van der Waals surface area contributed by atoms with Crippen molar-refractivity contribution in [3.63, 3.8) is 0 Å². The van der Waals surface area contributed by atoms with E-state index in [2.05, 4.69) is 18.7 Å². The van der Waals surface area contributed by atoms with Crippen LogP contribution in [0.3, 0.4) is 0 Å². The van der Waals surface area contributed by atoms with Gasteiger partial charge in [-0.05, 0) is 44.2 Å². The van der Waals surface area contributed by atoms with Crippen molar-refractivity contribution in [2.24, 2.45) is 11.1 Å². The van der Waals surface area contributed by atoms with Gasteiger partial charge in [0.1, 0.15) is 0 Å². The zero-order chi connectivity index (χ0) is 12.4. The number of likely N-dealkylation sites (tertiary alicyclic amines) is 1. The third-order valence-corrected chi connectivity index (χ3v) is 5.55. The van der Waals surface area contributed by atoms with Crippen molar-refractivity contribution < 1.29 is 0 Å². The zero-order valence-electron chi connectivity index (χ0n) is 11.8. The maximum Gasteiger partial charge on any atom is 0.0283 e. The van der Waals surface area contributed by atoms with Crippen LogP contribution >= 0.6 is 0 Å². The van der Waals surface area contributed by atoms with E-state index >= 15 is 0 Å². The Balaban J connectivity index is 1.83. The standard InChI is InChI=1S/C15H30N2/c1-3-14(4-2)9-11-17(12-10-14)13-15(16)7-5-6-8-15/h3-13,16H2,1-2H3. The number of nitrogens with zero attached hydrogens (tertiary/aromatic N) is 1. The van der Waals surface area contributed by atoms with E-state index in [0.29, 0.717) is 5.41 Å². The van der Waals surface area contributed by atoms with Gasteiger partial charge in [-0.3, -0.25) is 0 Å². The summed E-state index contributed by atoms with van der Waals surface area (Å²) in [4.78, 5) is 2.63. The summed E-state index contributed by atoms with van der Waals surface area (Å²) in [5, 5.41) is 0. The molecule has 100 valence electrons. The molecule has 2 rings (SSSR count). The molecule has 1 aliphatic heterocycles. The second-order valence-electron chi connectivity index (χ2n) is 6.55. The number of piperidine rings is 1. The van der Waals surface area contributed by atoms with Gasteiger partial charge in [-0.2, -0.15) is 0 Å². The van der Waals surface area contributed by atoms with E-state index in [-0.39, 0.29) is 5.54 Å². The highest BCUT2D eigenvalue weighted by atomic mass is 15.2. The summed E-state index contributed by atoms with van der Waals surface area (Å²) in [5.41, 5.74) is 7.28. The molecular weight excluding hydrogens is 208 g/mol. The normalized spacial score (nSPS) is 28.4. The van der Waals surface area contributed by atoms with Crippen molar-refractivity contribution in [2.75, 3.05) is 19.6 Å². The van der Waals surface area contributed by atoms with Crippen molar-refractivity contribution in [2.45, 2.75) is 70.8 Å². The summed E-state index contributed by atoms with van der Waals surface area (Å²) < 4.78 is 0. The van der Waals surface area contributed by atoms with Crippen molar-refractivity contribution in [3.8, 4) is 0 Å². The molecule has 0 atom stereocenters. The fraction of sp³-hybridized carbons (Fsp3) is 1.00. The molecule has 2 nitrogen and oxygen atoms in total. The van der Waals surface area contributed by atoms with Crippen molar-refractivity contribution in [3.05, 3.63) is 0 Å². The minimum Gasteiger partial charge on any atom is -0.324 e. The fourth-order valence-electron chi connectivity index (χ4n) is 3.83. The van der Waals surface area contributed by atoms with Crippen LogP contribution in [0.5, 0.6) is 0 Å². The summed E-state index contributed by atoms with van der Waals surface area (Å²) in [6.07, 6.45) is 10.7. The van der Waals surface area contributed by atoms with Crippen molar-refractivity contribution in [1.82, 2.24) is 4.90 Å². The third-order valence-electron chi connectivity index (χ3n) is 5.55. The minimum absolute atomic E-state index is 0.151. The molecule has 2 heteroatoms. The third kappa shape index (κ3) is 3.03. The summed E-state index contributed by atoms with van der Waals surface area (Å²) in [7, 11) is 0. The quantitative estimate of drug-likeness (QED) is 0.815. The maximum atomic E-state index is 6.48. The molecule has 0 aromatic heterocycles. The predicted octanol–water partition coefficient (Wildman–Crippen LogP) is 3.16. The number of nitrogens with two attached hydrogens (primary N) is 1. The molecular formula is C15H30N2. The number of hydrogen-bond donors (Lipinski definition) is 1. The van der Waals surface area contributed by atoms with Gasteiger partial charge in [-0.25, -0.2) is 0 Å². The van der Waals surface area contributed by atoms with Crippen LogP contribution in [-0.4, -0.2) is 30.1 Å². The molecule has 1 heterocycles. The summed E-state index contributed by atoms with van der Waals surface area (Å²) in [6.45, 7) is 8.43. The molecule has 0 spiro atoms. The molecule has 1 saturated heterocycles. The smallest absolute Gasteiger partial charge is 0.0283 e. The molecule has 2 N–H and O–H groups in total. The first-order chi connectivity index (χ1) is 8.11. The van der Waals surface area contributed by atoms with Crippen LogP contribution in [0.2, 0.25) is 0 Å². The van der Waals surface area contributed by atoms with Crippen LogP contribution in [0, 0.1) is 5.41 Å². The van der Waals surface area contributed by atoms with Gasteiger partial charge in [0.25, 0.3) is 0 Å². The molecule has 0 unspecified atom stereocenters. The SMILES string of the molecule is CCC1(CC)CCN(CC2(N)CCCC2)CC1. The van der Waals surface area contributed by atoms with Crippen molar-refractivity contribution in [1.29, 1.82) is 0 Å². The average Bonchev–Trinajstić information content (AvgIpc) is 2.77. The molecule has 0 bridgehead atoms. The second kappa shape index (κ2) is 5.27. The van der Waals surface area contributed by atoms with E-state index in [4.69, 9.17) is 5.73 Å². The molecule has 17 heavy (non-hydrogen) atoms. The Hall–Kier alpha value is -0.0800. The Labute approximate surface area is 107 Å². The first-order valence-corrected chi connectivity index (χ1v) is 7.63. The highest BCUT2D eigenvalue weighted by molar-refractivity contribution is 4.94. The van der Waals surface area contributed by atoms with E-state index in [9.17, 15) is 0 Å². The molecule has 0 aromatic carbocycles. The van der Waals surface area contributed by atoms with E-state index in [1.807, 2.05) is 0 Å². The highest BCUT2D eigenvalue weighted by Crippen LogP contribution is 2.38. The Morgan fingerprint density at radius 1 is 0.941 bits per heavy atom. The Morgan fingerprint density at radius 3 is 1.94 bits per heavy atom. The summed E-state index contributed by atoms with van der Waals surface area (Å²) >= 11 is 0. The van der Waals surface area contributed by atoms with Gasteiger partial charge in [0.05, 0.1) is 0 Å². The number of hydrogen-bond acceptors (Lipinski definition) is 2. The molecule has 0 radical (unpaired) electrons. The topological polar surface area (TPSA) is 29.3 Å². The van der Waals surface area contributed by atoms with E-state index < -0.39 is 0 Å². The molecule has 0 amide bonds. The van der Waals surface area contributed by atoms with Gasteiger partial charge in [0, 0.05) is 12.1 Å². The Bertz CT molecular complexity index is 229. The Kier molecular flexibility index (Phi) is 4.14. The monoisotopic (exact) mass is 238 g/mol. The second-order valence-corrected chi connectivity index (χ2v) is 6.55. The fourth-order valence-corrected chi connectivity index (χ4v) is 3.83. The summed E-state index contributed by atoms with van der Waals surface area (Å²) in [6, 6.07) is 0. The maximum absolute atomic E-state index is 6.48. The predicted molar refractivity (Wildman–Crippen MR) is 74.1 cm³/mol. The average molecular weight is 238 g/mol. The zero-order valence-corrected chi connectivity index (χ0v) is 11.8. The molecule has 2 aliphatic rings. The molecule has 1 saturated carbocycles. The van der Waals surface area contributed by atoms with E-state index in [0.717, 1.165) is 6.54 Å². The van der Waals surface area contributed by atoms with Crippen LogP contribution < -0.4 is 5.73 Å². The van der Waals surface area contributed by atoms with Crippen LogP contribution in [-0.2, 0) is 0 Å². The largest absolute Gasteiger partial charge is 0.324 e. The first kappa shape index (κ1) is 13.4. The van der Waals surface area contributed by atoms with Gasteiger partial charge >= 0.3 is 0 Å². The minimum atomic E-state index is 0.151. The van der Waals surface area contributed by atoms with Crippen LogP contribution in [0.15, 0.2) is 0 Å². The molecule has 1 aliphatic carbocycles. The van der Waals surface area contributed by atoms with Gasteiger partial charge in [-0.15, -0.1) is 0 Å². The lowest BCUT2D eigenvalue weighted by Gasteiger charge is -2.43. The van der Waals surface area contributed by atoms with E-state index in [1.165, 1.54) is 64.5 Å². The number of rotatable bonds is 4. The van der Waals surface area contributed by atoms with Crippen LogP contribution in [0.25, 0.3) is 0 Å². The van der Waals surface area contributed by atoms with Gasteiger partial charge in [0.15, 0.2) is 0 Å². The van der Waals surface area contributed by atoms with Crippen molar-refractivity contribution >= 4 is 0 Å². The van der Waals surface area contributed by atoms with Gasteiger partial charge in [-0.1, -0.05) is 39.5 Å². The lowest BCUT2D eigenvalue weighted by molar-refractivity contribution is 0.0796.